The first-order valence-electron chi connectivity index (χ1n) is 3.04. The van der Waals surface area contributed by atoms with E-state index in [0.29, 0.717) is 5.82 Å². The Morgan fingerprint density at radius 1 is 1.38 bits per heavy atom. The van der Waals surface area contributed by atoms with Crippen LogP contribution in [0.3, 0.4) is 0 Å². The highest BCUT2D eigenvalue weighted by Crippen LogP contribution is 2.15. The summed E-state index contributed by atoms with van der Waals surface area (Å²) < 4.78 is 0. The lowest BCUT2D eigenvalue weighted by atomic mass is 9.80. The fourth-order valence-corrected chi connectivity index (χ4v) is 0.919. The van der Waals surface area contributed by atoms with Crippen LogP contribution in [0.25, 0.3) is 0 Å². The van der Waals surface area contributed by atoms with E-state index in [2.05, 4.69) is 0 Å². The van der Waals surface area contributed by atoms with Crippen molar-refractivity contribution in [1.82, 2.24) is 5.01 Å². The van der Waals surface area contributed by atoms with E-state index in [-0.39, 0.29) is 0 Å². The molecule has 0 bridgehead atoms. The minimum atomic E-state index is 0.398. The predicted molar refractivity (Wildman–Crippen MR) is 34.5 cm³/mol. The summed E-state index contributed by atoms with van der Waals surface area (Å²) in [7, 11) is 5.61. The van der Waals surface area contributed by atoms with Gasteiger partial charge in [0.1, 0.15) is 0 Å². The van der Waals surface area contributed by atoms with Crippen molar-refractivity contribution >= 4 is 7.85 Å². The Balaban J connectivity index is 2.19. The van der Waals surface area contributed by atoms with E-state index in [4.69, 9.17) is 13.7 Å². The Bertz CT molecular complexity index is 58.8. The molecule has 1 fully saturated rings. The third kappa shape index (κ3) is 1.49. The van der Waals surface area contributed by atoms with E-state index in [1.165, 1.54) is 0 Å². The lowest BCUT2D eigenvalue weighted by Gasteiger charge is -2.25. The van der Waals surface area contributed by atoms with Gasteiger partial charge in [0.25, 0.3) is 0 Å². The summed E-state index contributed by atoms with van der Waals surface area (Å²) >= 11 is 0. The minimum Gasteiger partial charge on any atom is -0.269 e. The molecule has 0 amide bonds. The monoisotopic (exact) mass is 110 g/mol. The van der Waals surface area contributed by atoms with Gasteiger partial charge in [0, 0.05) is 13.1 Å². The van der Waals surface area contributed by atoms with Gasteiger partial charge in [-0.3, -0.25) is 5.84 Å². The SMILES string of the molecule is [B]C1CCN(N)CC1. The largest absolute Gasteiger partial charge is 0.269 e. The van der Waals surface area contributed by atoms with Crippen molar-refractivity contribution in [3.8, 4) is 0 Å². The van der Waals surface area contributed by atoms with Crippen molar-refractivity contribution in [2.24, 2.45) is 5.84 Å². The first kappa shape index (κ1) is 6.11. The van der Waals surface area contributed by atoms with Gasteiger partial charge >= 0.3 is 0 Å². The molecular weight excluding hydrogens is 98.9 g/mol. The summed E-state index contributed by atoms with van der Waals surface area (Å²) in [6.07, 6.45) is 2.10. The van der Waals surface area contributed by atoms with Gasteiger partial charge in [-0.2, -0.15) is 0 Å². The first-order chi connectivity index (χ1) is 3.79. The van der Waals surface area contributed by atoms with Crippen molar-refractivity contribution in [2.75, 3.05) is 13.1 Å². The molecule has 0 spiro atoms. The quantitative estimate of drug-likeness (QED) is 0.349. The zero-order chi connectivity index (χ0) is 5.98. The van der Waals surface area contributed by atoms with Crippen LogP contribution in [0.2, 0.25) is 5.82 Å². The maximum atomic E-state index is 5.61. The van der Waals surface area contributed by atoms with Crippen LogP contribution in [0.1, 0.15) is 12.8 Å². The van der Waals surface area contributed by atoms with E-state index in [1.807, 2.05) is 5.01 Å². The number of piperidine rings is 1. The van der Waals surface area contributed by atoms with Crippen LogP contribution >= 0.6 is 0 Å². The maximum Gasteiger partial charge on any atom is 0.0700 e. The van der Waals surface area contributed by atoms with Gasteiger partial charge in [-0.1, -0.05) is 5.82 Å². The molecule has 2 radical (unpaired) electrons. The highest BCUT2D eigenvalue weighted by atomic mass is 15.4. The number of nitrogens with zero attached hydrogens (tertiary/aromatic N) is 1. The van der Waals surface area contributed by atoms with Gasteiger partial charge in [0.2, 0.25) is 0 Å². The normalized spacial score (nSPS) is 26.1. The van der Waals surface area contributed by atoms with Gasteiger partial charge in [-0.05, 0) is 12.8 Å². The fourth-order valence-electron chi connectivity index (χ4n) is 0.919. The number of nitrogens with two attached hydrogens (primary N) is 1. The Labute approximate surface area is 51.4 Å². The second-order valence-corrected chi connectivity index (χ2v) is 2.37. The molecule has 0 atom stereocenters. The van der Waals surface area contributed by atoms with E-state index in [9.17, 15) is 0 Å². The highest BCUT2D eigenvalue weighted by Gasteiger charge is 2.10. The van der Waals surface area contributed by atoms with Crippen LogP contribution in [0.4, 0.5) is 0 Å². The molecule has 0 aromatic rings. The van der Waals surface area contributed by atoms with Gasteiger partial charge in [0.05, 0.1) is 7.85 Å². The van der Waals surface area contributed by atoms with E-state index < -0.39 is 0 Å². The average molecular weight is 110 g/mol. The Morgan fingerprint density at radius 2 is 1.88 bits per heavy atom. The minimum absolute atomic E-state index is 0.398. The van der Waals surface area contributed by atoms with Crippen molar-refractivity contribution < 1.29 is 0 Å². The van der Waals surface area contributed by atoms with Crippen LogP contribution in [0, 0.1) is 0 Å². The summed E-state index contributed by atoms with van der Waals surface area (Å²) in [5.41, 5.74) is 0. The molecule has 1 aliphatic heterocycles. The van der Waals surface area contributed by atoms with E-state index in [0.717, 1.165) is 25.9 Å². The van der Waals surface area contributed by atoms with Crippen molar-refractivity contribution in [3.63, 3.8) is 0 Å². The third-order valence-electron chi connectivity index (χ3n) is 1.57. The molecule has 0 aromatic heterocycles. The summed E-state index contributed by atoms with van der Waals surface area (Å²) in [5.74, 6) is 5.87. The molecule has 1 heterocycles. The van der Waals surface area contributed by atoms with Crippen molar-refractivity contribution in [3.05, 3.63) is 0 Å². The molecule has 2 nitrogen and oxygen atoms in total. The predicted octanol–water partition coefficient (Wildman–Crippen LogP) is -0.0871. The summed E-state index contributed by atoms with van der Waals surface area (Å²) in [4.78, 5) is 0. The smallest absolute Gasteiger partial charge is 0.0700 e. The lowest BCUT2D eigenvalue weighted by Crippen LogP contribution is -2.37. The molecule has 0 unspecified atom stereocenters. The lowest BCUT2D eigenvalue weighted by molar-refractivity contribution is 0.235. The highest BCUT2D eigenvalue weighted by molar-refractivity contribution is 6.11. The van der Waals surface area contributed by atoms with Gasteiger partial charge in [-0.15, -0.1) is 0 Å². The molecule has 0 aromatic carbocycles. The zero-order valence-corrected chi connectivity index (χ0v) is 5.01. The summed E-state index contributed by atoms with van der Waals surface area (Å²) in [6.45, 7) is 1.92. The molecular formula is C5H11BN2. The molecule has 3 heteroatoms. The van der Waals surface area contributed by atoms with Crippen LogP contribution in [-0.2, 0) is 0 Å². The van der Waals surface area contributed by atoms with Crippen molar-refractivity contribution in [1.29, 1.82) is 0 Å². The topological polar surface area (TPSA) is 29.3 Å². The molecule has 8 heavy (non-hydrogen) atoms. The third-order valence-corrected chi connectivity index (χ3v) is 1.57. The van der Waals surface area contributed by atoms with Gasteiger partial charge in [-0.25, -0.2) is 5.01 Å². The summed E-state index contributed by atoms with van der Waals surface area (Å²) in [6, 6.07) is 0. The second kappa shape index (κ2) is 2.51. The first-order valence-corrected chi connectivity index (χ1v) is 3.04. The molecule has 1 rings (SSSR count). The number of hydrogen-bond acceptors (Lipinski definition) is 2. The molecule has 1 aliphatic rings. The molecule has 0 saturated carbocycles. The number of hydrazine groups is 1. The van der Waals surface area contributed by atoms with E-state index in [1.54, 1.807) is 0 Å². The molecule has 2 N–H and O–H groups in total. The van der Waals surface area contributed by atoms with Crippen LogP contribution in [0.5, 0.6) is 0 Å². The van der Waals surface area contributed by atoms with Crippen molar-refractivity contribution in [2.45, 2.75) is 18.7 Å². The maximum absolute atomic E-state index is 5.61. The number of rotatable bonds is 0. The van der Waals surface area contributed by atoms with Crippen LogP contribution in [-0.4, -0.2) is 25.9 Å². The second-order valence-electron chi connectivity index (χ2n) is 2.37. The van der Waals surface area contributed by atoms with E-state index >= 15 is 0 Å². The summed E-state index contributed by atoms with van der Waals surface area (Å²) in [5, 5.41) is 1.82. The zero-order valence-electron chi connectivity index (χ0n) is 5.01. The Hall–Kier alpha value is -0.0151. The van der Waals surface area contributed by atoms with Crippen LogP contribution < -0.4 is 5.84 Å². The molecule has 44 valence electrons. The molecule has 1 saturated heterocycles. The van der Waals surface area contributed by atoms with Gasteiger partial charge in [0.15, 0.2) is 0 Å². The Morgan fingerprint density at radius 3 is 2.25 bits per heavy atom. The standard InChI is InChI=1S/C5H11BN2/c6-5-1-3-8(7)4-2-5/h5H,1-4,7H2. The fraction of sp³-hybridized carbons (Fsp3) is 1.00. The van der Waals surface area contributed by atoms with Crippen LogP contribution in [0.15, 0.2) is 0 Å². The molecule has 0 aliphatic carbocycles. The number of hydrogen-bond donors (Lipinski definition) is 1. The average Bonchev–Trinajstić information content (AvgIpc) is 1.77. The Kier molecular flexibility index (Phi) is 1.92. The van der Waals surface area contributed by atoms with Gasteiger partial charge < -0.3 is 0 Å².